The second-order valence-electron chi connectivity index (χ2n) is 5.82. The lowest BCUT2D eigenvalue weighted by atomic mass is 10.1. The van der Waals surface area contributed by atoms with E-state index in [4.69, 9.17) is 0 Å². The molecule has 1 atom stereocenters. The Labute approximate surface area is 136 Å². The number of benzene rings is 1. The van der Waals surface area contributed by atoms with Crippen LogP contribution in [0.5, 0.6) is 0 Å². The monoisotopic (exact) mass is 311 g/mol. The van der Waals surface area contributed by atoms with Crippen LogP contribution in [0.1, 0.15) is 30.1 Å². The summed E-state index contributed by atoms with van der Waals surface area (Å²) < 4.78 is 0. The highest BCUT2D eigenvalue weighted by Gasteiger charge is 2.33. The summed E-state index contributed by atoms with van der Waals surface area (Å²) in [7, 11) is 0. The summed E-state index contributed by atoms with van der Waals surface area (Å²) in [5, 5.41) is 13.3. The first-order valence-electron chi connectivity index (χ1n) is 7.90. The van der Waals surface area contributed by atoms with Gasteiger partial charge in [-0.05, 0) is 36.1 Å². The van der Waals surface area contributed by atoms with Crippen molar-refractivity contribution in [2.75, 3.05) is 6.54 Å². The second-order valence-corrected chi connectivity index (χ2v) is 5.82. The van der Waals surface area contributed by atoms with E-state index >= 15 is 0 Å². The van der Waals surface area contributed by atoms with E-state index in [1.165, 1.54) is 0 Å². The Morgan fingerprint density at radius 3 is 2.57 bits per heavy atom. The summed E-state index contributed by atoms with van der Waals surface area (Å²) in [5.74, 6) is 0. The van der Waals surface area contributed by atoms with Crippen LogP contribution in [-0.4, -0.2) is 33.6 Å². The van der Waals surface area contributed by atoms with Crippen molar-refractivity contribution in [1.82, 2.24) is 15.2 Å². The molecule has 2 amide bonds. The molecule has 0 bridgehead atoms. The number of hydrogen-bond donors (Lipinski definition) is 2. The first-order chi connectivity index (χ1) is 11.2. The molecule has 23 heavy (non-hydrogen) atoms. The van der Waals surface area contributed by atoms with Gasteiger partial charge in [0.1, 0.15) is 0 Å². The Bertz CT molecular complexity index is 629. The quantitative estimate of drug-likeness (QED) is 0.861. The molecule has 0 unspecified atom stereocenters. The van der Waals surface area contributed by atoms with Gasteiger partial charge >= 0.3 is 6.03 Å². The van der Waals surface area contributed by atoms with Crippen LogP contribution in [0.3, 0.4) is 0 Å². The van der Waals surface area contributed by atoms with E-state index in [0.29, 0.717) is 13.1 Å². The van der Waals surface area contributed by atoms with Crippen molar-refractivity contribution in [3.8, 4) is 0 Å². The van der Waals surface area contributed by atoms with E-state index in [1.807, 2.05) is 42.5 Å². The van der Waals surface area contributed by atoms with Crippen molar-refractivity contribution in [3.05, 3.63) is 66.0 Å². The number of rotatable bonds is 6. The molecule has 120 valence electrons. The van der Waals surface area contributed by atoms with Gasteiger partial charge < -0.3 is 15.3 Å². The van der Waals surface area contributed by atoms with Gasteiger partial charge in [-0.25, -0.2) is 4.79 Å². The molecule has 0 radical (unpaired) electrons. The third kappa shape index (κ3) is 4.29. The molecule has 1 aromatic carbocycles. The number of carbonyl (C=O) groups excluding carboxylic acids is 1. The number of amides is 2. The predicted octanol–water partition coefficient (Wildman–Crippen LogP) is 2.49. The lowest BCUT2D eigenvalue weighted by Gasteiger charge is -2.25. The van der Waals surface area contributed by atoms with Crippen LogP contribution in [-0.2, 0) is 6.54 Å². The normalized spacial score (nSPS) is 15.0. The molecular weight excluding hydrogens is 290 g/mol. The van der Waals surface area contributed by atoms with Crippen LogP contribution in [0, 0.1) is 0 Å². The molecule has 2 N–H and O–H groups in total. The molecule has 1 heterocycles. The van der Waals surface area contributed by atoms with Crippen LogP contribution in [0.2, 0.25) is 0 Å². The fraction of sp³-hybridized carbons (Fsp3) is 0.333. The van der Waals surface area contributed by atoms with Gasteiger partial charge in [0.05, 0.1) is 12.6 Å². The van der Waals surface area contributed by atoms with E-state index < -0.39 is 6.10 Å². The van der Waals surface area contributed by atoms with Crippen LogP contribution < -0.4 is 5.32 Å². The summed E-state index contributed by atoms with van der Waals surface area (Å²) >= 11 is 0. The number of hydrogen-bond acceptors (Lipinski definition) is 3. The number of nitrogens with one attached hydrogen (secondary N) is 1. The minimum absolute atomic E-state index is 0.126. The van der Waals surface area contributed by atoms with Crippen molar-refractivity contribution >= 4 is 6.03 Å². The Morgan fingerprint density at radius 2 is 1.91 bits per heavy atom. The summed E-state index contributed by atoms with van der Waals surface area (Å²) in [6, 6.07) is 13.3. The average Bonchev–Trinajstić information content (AvgIpc) is 3.44. The van der Waals surface area contributed by atoms with E-state index in [0.717, 1.165) is 24.0 Å². The number of aliphatic hydroxyl groups is 1. The zero-order valence-corrected chi connectivity index (χ0v) is 12.9. The first kappa shape index (κ1) is 15.5. The van der Waals surface area contributed by atoms with Crippen molar-refractivity contribution in [2.45, 2.75) is 31.5 Å². The average molecular weight is 311 g/mol. The molecule has 1 aromatic heterocycles. The maximum Gasteiger partial charge on any atom is 0.318 e. The van der Waals surface area contributed by atoms with Gasteiger partial charge in [0.2, 0.25) is 0 Å². The molecule has 0 aliphatic heterocycles. The molecule has 1 saturated carbocycles. The number of nitrogens with zero attached hydrogens (tertiary/aromatic N) is 2. The Kier molecular flexibility index (Phi) is 4.88. The Hall–Kier alpha value is -2.40. The van der Waals surface area contributed by atoms with Crippen molar-refractivity contribution in [3.63, 3.8) is 0 Å². The van der Waals surface area contributed by atoms with Gasteiger partial charge in [-0.1, -0.05) is 30.3 Å². The number of urea groups is 1. The Morgan fingerprint density at radius 1 is 1.22 bits per heavy atom. The van der Waals surface area contributed by atoms with Gasteiger partial charge in [-0.15, -0.1) is 0 Å². The number of aromatic nitrogens is 1. The van der Waals surface area contributed by atoms with Crippen LogP contribution in [0.4, 0.5) is 4.79 Å². The molecule has 1 fully saturated rings. The van der Waals surface area contributed by atoms with Crippen molar-refractivity contribution < 1.29 is 9.90 Å². The van der Waals surface area contributed by atoms with Gasteiger partial charge in [0.25, 0.3) is 0 Å². The predicted molar refractivity (Wildman–Crippen MR) is 87.6 cm³/mol. The summed E-state index contributed by atoms with van der Waals surface area (Å²) in [5.41, 5.74) is 1.84. The van der Waals surface area contributed by atoms with Crippen LogP contribution >= 0.6 is 0 Å². The maximum atomic E-state index is 12.5. The maximum absolute atomic E-state index is 12.5. The SMILES string of the molecule is O=C(NCc1ccncc1)N(C[C@@H](O)c1ccccc1)C1CC1. The molecule has 3 rings (SSSR count). The largest absolute Gasteiger partial charge is 0.387 e. The third-order valence-corrected chi connectivity index (χ3v) is 4.00. The third-order valence-electron chi connectivity index (χ3n) is 4.00. The number of aliphatic hydroxyl groups excluding tert-OH is 1. The number of pyridine rings is 1. The zero-order valence-electron chi connectivity index (χ0n) is 12.9. The van der Waals surface area contributed by atoms with Crippen molar-refractivity contribution in [2.24, 2.45) is 0 Å². The molecule has 5 nitrogen and oxygen atoms in total. The standard InChI is InChI=1S/C18H21N3O2/c22-17(15-4-2-1-3-5-15)13-21(16-6-7-16)18(23)20-12-14-8-10-19-11-9-14/h1-5,8-11,16-17,22H,6-7,12-13H2,(H,20,23)/t17-/m1/s1. The molecule has 1 aliphatic rings. The highest BCUT2D eigenvalue weighted by atomic mass is 16.3. The smallest absolute Gasteiger partial charge is 0.318 e. The highest BCUT2D eigenvalue weighted by Crippen LogP contribution is 2.29. The zero-order chi connectivity index (χ0) is 16.1. The van der Waals surface area contributed by atoms with Crippen LogP contribution in [0.15, 0.2) is 54.9 Å². The van der Waals surface area contributed by atoms with Crippen molar-refractivity contribution in [1.29, 1.82) is 0 Å². The minimum Gasteiger partial charge on any atom is -0.387 e. The van der Waals surface area contributed by atoms with E-state index in [2.05, 4.69) is 10.3 Å². The fourth-order valence-corrected chi connectivity index (χ4v) is 2.53. The molecule has 5 heteroatoms. The fourth-order valence-electron chi connectivity index (χ4n) is 2.53. The summed E-state index contributed by atoms with van der Waals surface area (Å²) in [6.45, 7) is 0.781. The van der Waals surface area contributed by atoms with E-state index in [1.54, 1.807) is 17.3 Å². The summed E-state index contributed by atoms with van der Waals surface area (Å²) in [6.07, 6.45) is 4.76. The second kappa shape index (κ2) is 7.24. The highest BCUT2D eigenvalue weighted by molar-refractivity contribution is 5.75. The lowest BCUT2D eigenvalue weighted by molar-refractivity contribution is 0.118. The molecule has 0 saturated heterocycles. The van der Waals surface area contributed by atoms with E-state index in [-0.39, 0.29) is 12.1 Å². The Balaban J connectivity index is 1.59. The van der Waals surface area contributed by atoms with Gasteiger partial charge in [0.15, 0.2) is 0 Å². The van der Waals surface area contributed by atoms with E-state index in [9.17, 15) is 9.90 Å². The van der Waals surface area contributed by atoms with Gasteiger partial charge in [-0.2, -0.15) is 0 Å². The van der Waals surface area contributed by atoms with Crippen LogP contribution in [0.25, 0.3) is 0 Å². The lowest BCUT2D eigenvalue weighted by Crippen LogP contribution is -2.43. The van der Waals surface area contributed by atoms with Gasteiger partial charge in [-0.3, -0.25) is 4.98 Å². The summed E-state index contributed by atoms with van der Waals surface area (Å²) in [4.78, 5) is 18.2. The molecule has 1 aliphatic carbocycles. The molecular formula is C18H21N3O2. The minimum atomic E-state index is -0.663. The first-order valence-corrected chi connectivity index (χ1v) is 7.90. The van der Waals surface area contributed by atoms with Gasteiger partial charge in [0, 0.05) is 25.0 Å². The molecule has 0 spiro atoms. The molecule has 2 aromatic rings. The topological polar surface area (TPSA) is 65.5 Å². The number of carbonyl (C=O) groups is 1.